The second-order valence-electron chi connectivity index (χ2n) is 16.5. The molecule has 0 amide bonds. The minimum atomic E-state index is 0.0887. The van der Waals surface area contributed by atoms with Crippen molar-refractivity contribution in [3.63, 3.8) is 0 Å². The third-order valence-corrected chi connectivity index (χ3v) is 14.0. The first kappa shape index (κ1) is 35.2. The van der Waals surface area contributed by atoms with Gasteiger partial charge in [0.15, 0.2) is 5.84 Å². The number of para-hydroxylation sites is 2. The molecule has 0 fully saturated rings. The molecule has 1 aliphatic rings. The maximum atomic E-state index is 6.66. The lowest BCUT2D eigenvalue weighted by Crippen LogP contribution is -2.17. The van der Waals surface area contributed by atoms with Crippen LogP contribution in [0.1, 0.15) is 30.0 Å². The van der Waals surface area contributed by atoms with Gasteiger partial charge in [-0.3, -0.25) is 0 Å². The fourth-order valence-corrected chi connectivity index (χ4v) is 10.9. The fraction of sp³-hybridized carbons (Fsp3) is 0.0526. The van der Waals surface area contributed by atoms with Crippen molar-refractivity contribution in [1.82, 2.24) is 4.57 Å². The van der Waals surface area contributed by atoms with Gasteiger partial charge >= 0.3 is 0 Å². The quantitative estimate of drug-likeness (QED) is 0.175. The van der Waals surface area contributed by atoms with Crippen LogP contribution in [0.25, 0.3) is 96.8 Å². The third-order valence-electron chi connectivity index (χ3n) is 12.8. The zero-order valence-electron chi connectivity index (χ0n) is 33.8. The largest absolute Gasteiger partial charge is 0.456 e. The molecule has 62 heavy (non-hydrogen) atoms. The van der Waals surface area contributed by atoms with E-state index in [1.54, 1.807) is 0 Å². The molecule has 0 aliphatic carbocycles. The first-order valence-electron chi connectivity index (χ1n) is 21.3. The molecule has 1 aliphatic heterocycles. The number of aromatic nitrogens is 1. The van der Waals surface area contributed by atoms with Crippen molar-refractivity contribution in [2.24, 2.45) is 15.9 Å². The highest BCUT2D eigenvalue weighted by atomic mass is 32.1. The minimum absolute atomic E-state index is 0.0887. The van der Waals surface area contributed by atoms with Crippen LogP contribution in [-0.2, 0) is 0 Å². The Bertz CT molecular complexity index is 3930. The topological polar surface area (TPSA) is 42.8 Å². The number of allylic oxidation sites excluding steroid dienone is 1. The summed E-state index contributed by atoms with van der Waals surface area (Å²) in [6, 6.07) is 65.6. The molecular formula is C57H37N3OS. The maximum absolute atomic E-state index is 6.66. The van der Waals surface area contributed by atoms with E-state index in [2.05, 4.69) is 193 Å². The molecule has 0 radical (unpaired) electrons. The Morgan fingerprint density at radius 1 is 0.500 bits per heavy atom. The first-order valence-corrected chi connectivity index (χ1v) is 22.1. The summed E-state index contributed by atoms with van der Waals surface area (Å²) in [5.41, 5.74) is 10.0. The van der Waals surface area contributed by atoms with E-state index in [9.17, 15) is 0 Å². The van der Waals surface area contributed by atoms with E-state index in [0.717, 1.165) is 84.0 Å². The summed E-state index contributed by atoms with van der Waals surface area (Å²) >= 11 is 1.84. The van der Waals surface area contributed by atoms with E-state index >= 15 is 0 Å². The minimum Gasteiger partial charge on any atom is -0.456 e. The van der Waals surface area contributed by atoms with E-state index in [4.69, 9.17) is 14.4 Å². The molecule has 1 atom stereocenters. The summed E-state index contributed by atoms with van der Waals surface area (Å²) in [5, 5.41) is 11.8. The molecular weight excluding hydrogens is 775 g/mol. The SMILES string of the molecule is CC1C/C=C(\c2cc3oc4ccccc4c3cc2-n2c3ccccc3c3cc4ccccc4cc32)N=C(c2cccc3ccccc23)N=C1c1ccc2sc3ccccc3c2c1. The summed E-state index contributed by atoms with van der Waals surface area (Å²) in [6.07, 6.45) is 3.08. The predicted molar refractivity (Wildman–Crippen MR) is 264 cm³/mol. The van der Waals surface area contributed by atoms with Crippen LogP contribution in [0, 0.1) is 5.92 Å². The number of aliphatic imine (C=N–C) groups is 2. The number of rotatable bonds is 4. The molecule has 13 rings (SSSR count). The van der Waals surface area contributed by atoms with Gasteiger partial charge < -0.3 is 8.98 Å². The number of fused-ring (bicyclic) bond motifs is 11. The molecule has 3 aromatic heterocycles. The lowest BCUT2D eigenvalue weighted by atomic mass is 9.92. The second-order valence-corrected chi connectivity index (χ2v) is 17.6. The van der Waals surface area contributed by atoms with Gasteiger partial charge in [0.05, 0.1) is 28.1 Å². The Morgan fingerprint density at radius 2 is 1.21 bits per heavy atom. The molecule has 5 heteroatoms. The number of benzene rings is 9. The molecule has 0 saturated carbocycles. The van der Waals surface area contributed by atoms with Gasteiger partial charge in [-0.25, -0.2) is 9.98 Å². The van der Waals surface area contributed by atoms with Gasteiger partial charge in [-0.05, 0) is 88.1 Å². The average Bonchev–Trinajstić information content (AvgIpc) is 3.98. The number of amidine groups is 1. The smallest absolute Gasteiger partial charge is 0.160 e. The molecule has 4 heterocycles. The zero-order chi connectivity index (χ0) is 40.9. The number of nitrogens with zero attached hydrogens (tertiary/aromatic N) is 3. The van der Waals surface area contributed by atoms with E-state index in [1.165, 1.54) is 41.7 Å². The number of furan rings is 1. The lowest BCUT2D eigenvalue weighted by Gasteiger charge is -2.21. The number of hydrogen-bond acceptors (Lipinski definition) is 4. The van der Waals surface area contributed by atoms with Crippen molar-refractivity contribution in [2.75, 3.05) is 0 Å². The van der Waals surface area contributed by atoms with Gasteiger partial charge in [-0.2, -0.15) is 0 Å². The Kier molecular flexibility index (Phi) is 7.78. The van der Waals surface area contributed by atoms with Crippen molar-refractivity contribution in [3.05, 3.63) is 205 Å². The van der Waals surface area contributed by atoms with Gasteiger partial charge in [0.25, 0.3) is 0 Å². The Hall–Kier alpha value is -7.60. The lowest BCUT2D eigenvalue weighted by molar-refractivity contribution is 0.668. The molecule has 9 aromatic carbocycles. The van der Waals surface area contributed by atoms with Crippen molar-refractivity contribution >= 4 is 114 Å². The van der Waals surface area contributed by atoms with Crippen molar-refractivity contribution in [3.8, 4) is 5.69 Å². The number of thiophene rings is 1. The van der Waals surface area contributed by atoms with Gasteiger partial charge in [-0.1, -0.05) is 140 Å². The van der Waals surface area contributed by atoms with E-state index < -0.39 is 0 Å². The highest BCUT2D eigenvalue weighted by Crippen LogP contribution is 2.42. The zero-order valence-corrected chi connectivity index (χ0v) is 34.7. The Morgan fingerprint density at radius 3 is 2.10 bits per heavy atom. The summed E-state index contributed by atoms with van der Waals surface area (Å²) in [5.74, 6) is 0.777. The fourth-order valence-electron chi connectivity index (χ4n) is 9.82. The molecule has 0 saturated heterocycles. The normalized spacial score (nSPS) is 15.8. The summed E-state index contributed by atoms with van der Waals surface area (Å²) < 4.78 is 11.7. The van der Waals surface area contributed by atoms with Crippen LogP contribution in [0.4, 0.5) is 0 Å². The highest BCUT2D eigenvalue weighted by Gasteiger charge is 2.24. The summed E-state index contributed by atoms with van der Waals surface area (Å²) in [6.45, 7) is 2.30. The Balaban J connectivity index is 1.10. The standard InChI is InChI=1S/C57H37N3OS/c1-34-25-27-48(58-57(43-21-12-16-35-13-4-5-17-39(35)43)59-56(34)38-26-28-55-46(30-38)42-20-8-11-24-54(42)62-55)47-33-53-45(41-19-7-10-23-52(41)61-53)32-51(47)60-49-22-9-6-18-40(49)44-29-36-14-2-3-15-37(36)31-50(44)60/h2-24,26-34H,25H2,1H3/b48-27+,58-57?,59-56?. The molecule has 1 unspecified atom stereocenters. The van der Waals surface area contributed by atoms with Gasteiger partial charge in [-0.15, -0.1) is 11.3 Å². The number of hydrogen-bond donors (Lipinski definition) is 0. The molecule has 292 valence electrons. The second kappa shape index (κ2) is 13.7. The van der Waals surface area contributed by atoms with Crippen LogP contribution in [0.2, 0.25) is 0 Å². The first-order chi connectivity index (χ1) is 30.6. The molecule has 0 N–H and O–H groups in total. The summed E-state index contributed by atoms with van der Waals surface area (Å²) in [4.78, 5) is 11.4. The predicted octanol–water partition coefficient (Wildman–Crippen LogP) is 15.7. The molecule has 0 spiro atoms. The van der Waals surface area contributed by atoms with Gasteiger partial charge in [0.1, 0.15) is 11.2 Å². The van der Waals surface area contributed by atoms with Crippen molar-refractivity contribution in [1.29, 1.82) is 0 Å². The molecule has 4 nitrogen and oxygen atoms in total. The van der Waals surface area contributed by atoms with Crippen LogP contribution in [-0.4, -0.2) is 16.1 Å². The van der Waals surface area contributed by atoms with Crippen LogP contribution in [0.5, 0.6) is 0 Å². The third kappa shape index (κ3) is 5.45. The van der Waals surface area contributed by atoms with Gasteiger partial charge in [0.2, 0.25) is 0 Å². The van der Waals surface area contributed by atoms with E-state index in [-0.39, 0.29) is 5.92 Å². The highest BCUT2D eigenvalue weighted by molar-refractivity contribution is 7.25. The van der Waals surface area contributed by atoms with Crippen molar-refractivity contribution < 1.29 is 4.42 Å². The van der Waals surface area contributed by atoms with Crippen LogP contribution >= 0.6 is 11.3 Å². The molecule has 0 bridgehead atoms. The van der Waals surface area contributed by atoms with Crippen molar-refractivity contribution in [2.45, 2.75) is 13.3 Å². The maximum Gasteiger partial charge on any atom is 0.160 e. The van der Waals surface area contributed by atoms with E-state index in [0.29, 0.717) is 5.84 Å². The summed E-state index contributed by atoms with van der Waals surface area (Å²) in [7, 11) is 0. The molecule has 12 aromatic rings. The van der Waals surface area contributed by atoms with E-state index in [1.807, 2.05) is 17.4 Å². The van der Waals surface area contributed by atoms with Crippen LogP contribution in [0.15, 0.2) is 202 Å². The van der Waals surface area contributed by atoms with Crippen LogP contribution < -0.4 is 0 Å². The van der Waals surface area contributed by atoms with Gasteiger partial charge in [0, 0.05) is 58.8 Å². The average molecular weight is 812 g/mol. The monoisotopic (exact) mass is 811 g/mol. The Labute approximate surface area is 361 Å². The van der Waals surface area contributed by atoms with Crippen LogP contribution in [0.3, 0.4) is 0 Å².